The molecule has 102 heavy (non-hydrogen) atoms. The van der Waals surface area contributed by atoms with Gasteiger partial charge in [0.1, 0.15) is 56.1 Å². The normalized spacial score (nSPS) is 11.9. The summed E-state index contributed by atoms with van der Waals surface area (Å²) in [5, 5.41) is 11.9. The third-order valence-corrected chi connectivity index (χ3v) is 19.8. The van der Waals surface area contributed by atoms with Crippen LogP contribution >= 0.6 is 0 Å². The van der Waals surface area contributed by atoms with Gasteiger partial charge in [0, 0.05) is 72.5 Å². The summed E-state index contributed by atoms with van der Waals surface area (Å²) in [6.07, 6.45) is 3.50. The molecule has 0 aliphatic rings. The zero-order chi connectivity index (χ0) is 66.9. The molecule has 0 unspecified atom stereocenters. The van der Waals surface area contributed by atoms with Gasteiger partial charge in [-0.15, -0.1) is 0 Å². The predicted octanol–water partition coefficient (Wildman–Crippen LogP) is 23.4. The van der Waals surface area contributed by atoms with Gasteiger partial charge in [-0.2, -0.15) is 0 Å². The van der Waals surface area contributed by atoms with E-state index in [4.69, 9.17) is 57.5 Å². The Morgan fingerprint density at radius 1 is 0.186 bits per heavy atom. The van der Waals surface area contributed by atoms with Crippen LogP contribution in [0.3, 0.4) is 0 Å². The number of hydrogen-bond acceptors (Lipinski definition) is 12. The highest BCUT2D eigenvalue weighted by Crippen LogP contribution is 2.48. The van der Waals surface area contributed by atoms with E-state index in [1.54, 1.807) is 12.4 Å². The van der Waals surface area contributed by atoms with E-state index in [1.807, 2.05) is 127 Å². The molecule has 0 aliphatic heterocycles. The van der Waals surface area contributed by atoms with Crippen molar-refractivity contribution in [2.45, 2.75) is 0 Å². The zero-order valence-corrected chi connectivity index (χ0v) is 54.1. The summed E-state index contributed by atoms with van der Waals surface area (Å²) < 4.78 is 26.5. The molecule has 474 valence electrons. The van der Waals surface area contributed by atoms with Crippen LogP contribution in [0, 0.1) is 0 Å². The van der Waals surface area contributed by atoms with E-state index in [0.29, 0.717) is 63.1 Å². The molecular weight excluding hydrogens is 1260 g/mol. The largest absolute Gasteiger partial charge is 0.456 e. The first-order valence-electron chi connectivity index (χ1n) is 33.8. The minimum Gasteiger partial charge on any atom is -0.456 e. The summed E-state index contributed by atoms with van der Waals surface area (Å²) in [7, 11) is 0. The molecule has 0 amide bonds. The molecule has 0 atom stereocenters. The minimum atomic E-state index is 0.423. The Hall–Kier alpha value is -14.1. The molecule has 0 spiro atoms. The molecule has 13 aromatic carbocycles. The van der Waals surface area contributed by atoms with Crippen molar-refractivity contribution >= 4 is 109 Å². The average molecular weight is 1310 g/mol. The van der Waals surface area contributed by atoms with Crippen LogP contribution in [0.4, 0.5) is 0 Å². The molecule has 0 fully saturated rings. The fourth-order valence-corrected chi connectivity index (χ4v) is 15.2. The highest BCUT2D eigenvalue weighted by Gasteiger charge is 2.26. The standard InChI is InChI=1S/C90H50N8O4/c1-3-18-52(19-4-1)85-93-87(54-40-38-51(39-41-54)56-25-13-27-59-58(56)26-14-29-61(59)64-32-17-37-74-78(64)67-22-7-10-34-71(67)99-74)97-89(95-85)83-81-70-43-42-55(50-77(70)101-76(81)47-49-92-83)57-44-45-65(79-68-23-8-12-36-73(68)102-84(57)79)62-30-15-31-63-60(62)28-16-33-66(63)88-94-86(53-20-5-2-6-21-53)96-90(98-88)82-80-69-24-9-11-35-72(69)100-75(80)46-48-91-82/h1-50H. The maximum atomic E-state index is 6.99. The lowest BCUT2D eigenvalue weighted by Crippen LogP contribution is -2.02. The number of aromatic nitrogens is 8. The van der Waals surface area contributed by atoms with Crippen LogP contribution in [0.5, 0.6) is 0 Å². The quantitative estimate of drug-likeness (QED) is 0.128. The van der Waals surface area contributed by atoms with Crippen LogP contribution < -0.4 is 0 Å². The average Bonchev–Trinajstić information content (AvgIpc) is 1.52. The molecule has 0 saturated carbocycles. The van der Waals surface area contributed by atoms with Gasteiger partial charge in [0.05, 0.1) is 10.8 Å². The molecular formula is C90H50N8O4. The van der Waals surface area contributed by atoms with Gasteiger partial charge in [0.25, 0.3) is 0 Å². The summed E-state index contributed by atoms with van der Waals surface area (Å²) in [5.41, 5.74) is 19.0. The Kier molecular flexibility index (Phi) is 12.7. The molecule has 8 aromatic heterocycles. The highest BCUT2D eigenvalue weighted by atomic mass is 16.3. The van der Waals surface area contributed by atoms with Crippen LogP contribution in [0.25, 0.3) is 222 Å². The summed E-state index contributed by atoms with van der Waals surface area (Å²) in [5.74, 6) is 2.96. The predicted molar refractivity (Wildman–Crippen MR) is 407 cm³/mol. The SMILES string of the molecule is c1ccc(-c2nc(-c3ccc(-c4cccc5c(-c6cccc7oc8ccccc8c67)cccc45)cc3)nc(-c3nccc4oc5cc(-c6ccc(-c7cccc8c(-c9nc(-c%10ccccc%10)nc(-c%10nccc%11oc%12ccccc%12c%10%11)n9)cccc78)c7c6oc6ccccc67)ccc5c34)n2)cc1. The highest BCUT2D eigenvalue weighted by molar-refractivity contribution is 6.21. The summed E-state index contributed by atoms with van der Waals surface area (Å²) >= 11 is 0. The summed E-state index contributed by atoms with van der Waals surface area (Å²) in [6, 6.07) is 99.6. The number of pyridine rings is 2. The number of hydrogen-bond donors (Lipinski definition) is 0. The van der Waals surface area contributed by atoms with Gasteiger partial charge in [0.2, 0.25) is 0 Å². The first-order valence-corrected chi connectivity index (χ1v) is 33.8. The number of para-hydroxylation sites is 3. The monoisotopic (exact) mass is 1310 g/mol. The second kappa shape index (κ2) is 22.7. The van der Waals surface area contributed by atoms with Crippen molar-refractivity contribution in [3.05, 3.63) is 304 Å². The van der Waals surface area contributed by atoms with Crippen molar-refractivity contribution in [1.29, 1.82) is 0 Å². The number of furan rings is 4. The van der Waals surface area contributed by atoms with Crippen LogP contribution in [-0.4, -0.2) is 39.9 Å². The Bertz CT molecular complexity index is 7020. The molecule has 0 radical (unpaired) electrons. The van der Waals surface area contributed by atoms with Gasteiger partial charge in [-0.3, -0.25) is 9.97 Å². The van der Waals surface area contributed by atoms with Crippen molar-refractivity contribution in [3.63, 3.8) is 0 Å². The Labute approximate surface area is 580 Å². The van der Waals surface area contributed by atoms with E-state index in [2.05, 4.69) is 164 Å². The lowest BCUT2D eigenvalue weighted by atomic mass is 9.90. The van der Waals surface area contributed by atoms with E-state index in [1.165, 1.54) is 0 Å². The van der Waals surface area contributed by atoms with Gasteiger partial charge >= 0.3 is 0 Å². The summed E-state index contributed by atoms with van der Waals surface area (Å²) in [6.45, 7) is 0. The fourth-order valence-electron chi connectivity index (χ4n) is 15.2. The van der Waals surface area contributed by atoms with Crippen LogP contribution in [0.2, 0.25) is 0 Å². The van der Waals surface area contributed by atoms with Crippen LogP contribution in [0.1, 0.15) is 0 Å². The number of nitrogens with zero attached hydrogens (tertiary/aromatic N) is 8. The van der Waals surface area contributed by atoms with E-state index in [0.717, 1.165) is 159 Å². The Morgan fingerprint density at radius 2 is 0.559 bits per heavy atom. The molecule has 0 saturated heterocycles. The summed E-state index contributed by atoms with van der Waals surface area (Å²) in [4.78, 5) is 41.1. The van der Waals surface area contributed by atoms with Gasteiger partial charge in [-0.1, -0.05) is 237 Å². The van der Waals surface area contributed by atoms with Crippen molar-refractivity contribution in [3.8, 4) is 113 Å². The molecule has 21 aromatic rings. The Balaban J connectivity index is 0.653. The third-order valence-electron chi connectivity index (χ3n) is 19.8. The second-order valence-corrected chi connectivity index (χ2v) is 25.6. The smallest absolute Gasteiger partial charge is 0.183 e. The molecule has 12 heteroatoms. The van der Waals surface area contributed by atoms with E-state index < -0.39 is 0 Å². The molecule has 0 bridgehead atoms. The number of benzene rings is 13. The van der Waals surface area contributed by atoms with E-state index in [9.17, 15) is 0 Å². The van der Waals surface area contributed by atoms with Gasteiger partial charge < -0.3 is 17.7 Å². The fraction of sp³-hybridized carbons (Fsp3) is 0. The van der Waals surface area contributed by atoms with Crippen molar-refractivity contribution in [2.24, 2.45) is 0 Å². The first-order chi connectivity index (χ1) is 50.5. The van der Waals surface area contributed by atoms with E-state index >= 15 is 0 Å². The third kappa shape index (κ3) is 9.10. The van der Waals surface area contributed by atoms with Gasteiger partial charge in [-0.25, -0.2) is 29.9 Å². The van der Waals surface area contributed by atoms with Gasteiger partial charge in [0.15, 0.2) is 34.9 Å². The topological polar surface area (TPSA) is 156 Å². The molecule has 12 nitrogen and oxygen atoms in total. The zero-order valence-electron chi connectivity index (χ0n) is 54.1. The Morgan fingerprint density at radius 3 is 1.17 bits per heavy atom. The van der Waals surface area contributed by atoms with Crippen molar-refractivity contribution < 1.29 is 17.7 Å². The molecule has 8 heterocycles. The van der Waals surface area contributed by atoms with Gasteiger partial charge in [-0.05, 0) is 115 Å². The van der Waals surface area contributed by atoms with Crippen molar-refractivity contribution in [1.82, 2.24) is 39.9 Å². The second-order valence-electron chi connectivity index (χ2n) is 25.6. The molecule has 0 aliphatic carbocycles. The maximum absolute atomic E-state index is 6.99. The molecule has 21 rings (SSSR count). The molecule has 0 N–H and O–H groups in total. The first kappa shape index (κ1) is 57.0. The maximum Gasteiger partial charge on any atom is 0.183 e. The lowest BCUT2D eigenvalue weighted by molar-refractivity contribution is 0.667. The van der Waals surface area contributed by atoms with E-state index in [-0.39, 0.29) is 0 Å². The van der Waals surface area contributed by atoms with Crippen LogP contribution in [-0.2, 0) is 0 Å². The number of rotatable bonds is 10. The van der Waals surface area contributed by atoms with Crippen molar-refractivity contribution in [2.75, 3.05) is 0 Å². The minimum absolute atomic E-state index is 0.423. The lowest BCUT2D eigenvalue weighted by Gasteiger charge is -2.14. The number of fused-ring (bicyclic) bond motifs is 14. The van der Waals surface area contributed by atoms with Crippen LogP contribution in [0.15, 0.2) is 321 Å².